The van der Waals surface area contributed by atoms with Gasteiger partial charge in [0.15, 0.2) is 0 Å². The first-order valence-corrected chi connectivity index (χ1v) is 8.17. The average Bonchev–Trinajstić information content (AvgIpc) is 3.08. The predicted molar refractivity (Wildman–Crippen MR) is 83.5 cm³/mol. The van der Waals surface area contributed by atoms with Gasteiger partial charge in [0.2, 0.25) is 0 Å². The summed E-state index contributed by atoms with van der Waals surface area (Å²) in [5.74, 6) is 2.97. The molecule has 20 heavy (non-hydrogen) atoms. The molecule has 0 saturated carbocycles. The summed E-state index contributed by atoms with van der Waals surface area (Å²) in [6.45, 7) is 14.2. The van der Waals surface area contributed by atoms with E-state index in [1.54, 1.807) is 0 Å². The van der Waals surface area contributed by atoms with Gasteiger partial charge in [-0.1, -0.05) is 6.58 Å². The van der Waals surface area contributed by atoms with Crippen molar-refractivity contribution in [1.29, 1.82) is 0 Å². The maximum Gasteiger partial charge on any atom is 0.0966 e. The monoisotopic (exact) mass is 278 g/mol. The molecule has 4 nitrogen and oxygen atoms in total. The van der Waals surface area contributed by atoms with Crippen LogP contribution in [0.4, 0.5) is 0 Å². The zero-order chi connectivity index (χ0) is 14.1. The zero-order valence-corrected chi connectivity index (χ0v) is 13.2. The summed E-state index contributed by atoms with van der Waals surface area (Å²) < 4.78 is 0. The SMILES string of the molecule is C=C1N(CC2CCN(C)C2)CCN1CC1CCN(C)C1. The Balaban J connectivity index is 1.47. The van der Waals surface area contributed by atoms with E-state index < -0.39 is 0 Å². The van der Waals surface area contributed by atoms with Crippen molar-refractivity contribution < 1.29 is 0 Å². The normalized spacial score (nSPS) is 32.8. The molecular formula is C16H30N4. The van der Waals surface area contributed by atoms with E-state index in [9.17, 15) is 0 Å². The van der Waals surface area contributed by atoms with Crippen molar-refractivity contribution in [1.82, 2.24) is 19.6 Å². The van der Waals surface area contributed by atoms with Gasteiger partial charge >= 0.3 is 0 Å². The molecule has 0 N–H and O–H groups in total. The van der Waals surface area contributed by atoms with Crippen molar-refractivity contribution in [2.45, 2.75) is 12.8 Å². The van der Waals surface area contributed by atoms with E-state index in [1.807, 2.05) is 0 Å². The van der Waals surface area contributed by atoms with Crippen LogP contribution < -0.4 is 0 Å². The summed E-state index contributed by atoms with van der Waals surface area (Å²) in [5.41, 5.74) is 0. The molecule has 3 fully saturated rings. The lowest BCUT2D eigenvalue weighted by atomic mass is 10.1. The van der Waals surface area contributed by atoms with Crippen molar-refractivity contribution >= 4 is 0 Å². The lowest BCUT2D eigenvalue weighted by Gasteiger charge is -2.27. The van der Waals surface area contributed by atoms with Crippen LogP contribution in [0.1, 0.15) is 12.8 Å². The van der Waals surface area contributed by atoms with E-state index in [2.05, 4.69) is 40.3 Å². The van der Waals surface area contributed by atoms with E-state index in [1.165, 1.54) is 71.0 Å². The lowest BCUT2D eigenvalue weighted by Crippen LogP contribution is -2.31. The first-order valence-electron chi connectivity index (χ1n) is 8.17. The number of rotatable bonds is 4. The van der Waals surface area contributed by atoms with Crippen molar-refractivity contribution in [3.63, 3.8) is 0 Å². The van der Waals surface area contributed by atoms with Gasteiger partial charge in [-0.05, 0) is 51.9 Å². The van der Waals surface area contributed by atoms with E-state index in [0.29, 0.717) is 0 Å². The van der Waals surface area contributed by atoms with Crippen LogP contribution in [0.2, 0.25) is 0 Å². The molecule has 3 saturated heterocycles. The van der Waals surface area contributed by atoms with Gasteiger partial charge in [0, 0.05) is 39.3 Å². The number of nitrogens with zero attached hydrogens (tertiary/aromatic N) is 4. The summed E-state index contributed by atoms with van der Waals surface area (Å²) in [6.07, 6.45) is 2.71. The van der Waals surface area contributed by atoms with Gasteiger partial charge in [0.1, 0.15) is 0 Å². The van der Waals surface area contributed by atoms with Crippen LogP contribution in [0.25, 0.3) is 0 Å². The van der Waals surface area contributed by atoms with Crippen LogP contribution in [0.5, 0.6) is 0 Å². The maximum atomic E-state index is 4.36. The summed E-state index contributed by atoms with van der Waals surface area (Å²) >= 11 is 0. The second-order valence-corrected chi connectivity index (χ2v) is 7.14. The van der Waals surface area contributed by atoms with Crippen molar-refractivity contribution in [2.75, 3.05) is 66.5 Å². The minimum absolute atomic E-state index is 0.842. The van der Waals surface area contributed by atoms with Crippen LogP contribution >= 0.6 is 0 Å². The van der Waals surface area contributed by atoms with E-state index >= 15 is 0 Å². The van der Waals surface area contributed by atoms with Crippen molar-refractivity contribution in [2.24, 2.45) is 11.8 Å². The molecule has 0 radical (unpaired) electrons. The molecule has 0 aromatic carbocycles. The molecule has 4 heteroatoms. The molecule has 0 aromatic rings. The van der Waals surface area contributed by atoms with Gasteiger partial charge in [-0.15, -0.1) is 0 Å². The molecule has 3 rings (SSSR count). The average molecular weight is 278 g/mol. The fourth-order valence-electron chi connectivity index (χ4n) is 4.07. The Hall–Kier alpha value is -0.740. The second kappa shape index (κ2) is 5.94. The predicted octanol–water partition coefficient (Wildman–Crippen LogP) is 0.979. The van der Waals surface area contributed by atoms with Gasteiger partial charge in [-0.3, -0.25) is 0 Å². The molecule has 3 aliphatic heterocycles. The van der Waals surface area contributed by atoms with Crippen LogP contribution in [-0.2, 0) is 0 Å². The molecule has 0 amide bonds. The fraction of sp³-hybridized carbons (Fsp3) is 0.875. The number of hydrogen-bond donors (Lipinski definition) is 0. The van der Waals surface area contributed by atoms with E-state index in [4.69, 9.17) is 0 Å². The van der Waals surface area contributed by atoms with Crippen LogP contribution in [-0.4, -0.2) is 86.1 Å². The highest BCUT2D eigenvalue weighted by molar-refractivity contribution is 5.02. The first kappa shape index (κ1) is 14.2. The third-order valence-electron chi connectivity index (χ3n) is 5.30. The number of hydrogen-bond acceptors (Lipinski definition) is 4. The standard InChI is InChI=1S/C16H30N4/c1-14-19(12-15-4-6-17(2)10-15)8-9-20(14)13-16-5-7-18(3)11-16/h15-16H,1,4-13H2,2-3H3. The third-order valence-corrected chi connectivity index (χ3v) is 5.30. The van der Waals surface area contributed by atoms with Gasteiger partial charge in [0.05, 0.1) is 5.82 Å². The second-order valence-electron chi connectivity index (χ2n) is 7.14. The van der Waals surface area contributed by atoms with Crippen molar-refractivity contribution in [3.05, 3.63) is 12.4 Å². The Morgan fingerprint density at radius 3 is 1.65 bits per heavy atom. The highest BCUT2D eigenvalue weighted by Gasteiger charge is 2.30. The van der Waals surface area contributed by atoms with E-state index in [0.717, 1.165) is 11.8 Å². The smallest absolute Gasteiger partial charge is 0.0966 e. The minimum atomic E-state index is 0.842. The summed E-state index contributed by atoms with van der Waals surface area (Å²) in [5, 5.41) is 0. The molecule has 114 valence electrons. The summed E-state index contributed by atoms with van der Waals surface area (Å²) in [4.78, 5) is 9.97. The third kappa shape index (κ3) is 3.12. The minimum Gasteiger partial charge on any atom is -0.357 e. The molecule has 0 spiro atoms. The van der Waals surface area contributed by atoms with Crippen LogP contribution in [0.15, 0.2) is 12.4 Å². The largest absolute Gasteiger partial charge is 0.357 e. The fourth-order valence-corrected chi connectivity index (χ4v) is 4.07. The number of likely N-dealkylation sites (tertiary alicyclic amines) is 2. The maximum absolute atomic E-state index is 4.36. The Morgan fingerprint density at radius 2 is 1.30 bits per heavy atom. The molecule has 2 unspecified atom stereocenters. The van der Waals surface area contributed by atoms with E-state index in [-0.39, 0.29) is 0 Å². The van der Waals surface area contributed by atoms with Crippen LogP contribution in [0.3, 0.4) is 0 Å². The molecule has 0 aliphatic carbocycles. The van der Waals surface area contributed by atoms with Crippen LogP contribution in [0, 0.1) is 11.8 Å². The molecule has 3 aliphatic rings. The van der Waals surface area contributed by atoms with Gasteiger partial charge in [-0.25, -0.2) is 0 Å². The highest BCUT2D eigenvalue weighted by atomic mass is 15.4. The van der Waals surface area contributed by atoms with Gasteiger partial charge in [0.25, 0.3) is 0 Å². The molecule has 0 aromatic heterocycles. The Kier molecular flexibility index (Phi) is 4.22. The zero-order valence-electron chi connectivity index (χ0n) is 13.2. The first-order chi connectivity index (χ1) is 9.61. The van der Waals surface area contributed by atoms with Gasteiger partial charge < -0.3 is 19.6 Å². The molecule has 0 bridgehead atoms. The van der Waals surface area contributed by atoms with Gasteiger partial charge in [-0.2, -0.15) is 0 Å². The molecule has 2 atom stereocenters. The topological polar surface area (TPSA) is 13.0 Å². The van der Waals surface area contributed by atoms with Crippen molar-refractivity contribution in [3.8, 4) is 0 Å². The lowest BCUT2D eigenvalue weighted by molar-refractivity contribution is 0.269. The Bertz CT molecular complexity index is 324. The summed E-state index contributed by atoms with van der Waals surface area (Å²) in [7, 11) is 4.48. The Morgan fingerprint density at radius 1 is 0.850 bits per heavy atom. The quantitative estimate of drug-likeness (QED) is 0.760. The summed E-state index contributed by atoms with van der Waals surface area (Å²) in [6, 6.07) is 0. The highest BCUT2D eigenvalue weighted by Crippen LogP contribution is 2.25. The Labute approximate surface area is 124 Å². The molecule has 3 heterocycles. The molecular weight excluding hydrogens is 248 g/mol.